The molecule has 0 bridgehead atoms. The summed E-state index contributed by atoms with van der Waals surface area (Å²) in [5, 5.41) is 3.39. The second-order valence-electron chi connectivity index (χ2n) is 2.79. The van der Waals surface area contributed by atoms with E-state index in [1.807, 2.05) is 0 Å². The largest absolute Gasteiger partial charge is 0.416 e. The molecule has 0 aliphatic rings. The number of nitrogens with two attached hydrogens (primary N) is 1. The zero-order valence-electron chi connectivity index (χ0n) is 7.47. The third-order valence-corrected chi connectivity index (χ3v) is 1.82. The molecule has 0 amide bonds. The zero-order valence-corrected chi connectivity index (χ0v) is 7.47. The molecular weight excluding hydrogens is 193 g/mol. The molecular formula is C9H9F3N2. The van der Waals surface area contributed by atoms with Crippen LogP contribution in [0.5, 0.6) is 0 Å². The molecule has 14 heavy (non-hydrogen) atoms. The monoisotopic (exact) mass is 202 g/mol. The molecule has 0 aliphatic carbocycles. The van der Waals surface area contributed by atoms with Gasteiger partial charge in [0.15, 0.2) is 0 Å². The van der Waals surface area contributed by atoms with E-state index in [0.29, 0.717) is 11.3 Å². The first-order valence-electron chi connectivity index (χ1n) is 3.87. The average molecular weight is 202 g/mol. The highest BCUT2D eigenvalue weighted by molar-refractivity contribution is 5.98. The van der Waals surface area contributed by atoms with Crippen molar-refractivity contribution in [3.05, 3.63) is 35.4 Å². The maximum atomic E-state index is 12.1. The molecule has 0 aromatic heterocycles. The molecule has 5 heteroatoms. The number of hydrogen-bond donors (Lipinski definition) is 1. The van der Waals surface area contributed by atoms with Gasteiger partial charge in [-0.2, -0.15) is 18.3 Å². The van der Waals surface area contributed by atoms with Gasteiger partial charge in [0.05, 0.1) is 11.3 Å². The summed E-state index contributed by atoms with van der Waals surface area (Å²) in [5.41, 5.74) is 0.408. The lowest BCUT2D eigenvalue weighted by atomic mass is 10.1. The van der Waals surface area contributed by atoms with Crippen molar-refractivity contribution in [1.29, 1.82) is 0 Å². The van der Waals surface area contributed by atoms with E-state index in [1.54, 1.807) is 6.92 Å². The van der Waals surface area contributed by atoms with Gasteiger partial charge in [-0.3, -0.25) is 0 Å². The smallest absolute Gasteiger partial charge is 0.323 e. The van der Waals surface area contributed by atoms with Gasteiger partial charge in [0, 0.05) is 0 Å². The van der Waals surface area contributed by atoms with Crippen LogP contribution in [-0.4, -0.2) is 5.71 Å². The van der Waals surface area contributed by atoms with Crippen molar-refractivity contribution in [2.45, 2.75) is 13.1 Å². The number of hydrogen-bond acceptors (Lipinski definition) is 2. The van der Waals surface area contributed by atoms with Gasteiger partial charge in [-0.05, 0) is 24.6 Å². The molecule has 0 aliphatic heterocycles. The Labute approximate surface area is 79.2 Å². The summed E-state index contributed by atoms with van der Waals surface area (Å²) in [5.74, 6) is 4.99. The SMILES string of the molecule is C/C(=N\N)c1ccc(C(F)(F)F)cc1. The fourth-order valence-corrected chi connectivity index (χ4v) is 0.975. The third kappa shape index (κ3) is 2.25. The minimum absolute atomic E-state index is 0.499. The molecule has 0 spiro atoms. The summed E-state index contributed by atoms with van der Waals surface area (Å²) in [6.07, 6.45) is -4.30. The second kappa shape index (κ2) is 3.69. The quantitative estimate of drug-likeness (QED) is 0.424. The Bertz CT molecular complexity index is 338. The summed E-state index contributed by atoms with van der Waals surface area (Å²) >= 11 is 0. The predicted octanol–water partition coefficient (Wildman–Crippen LogP) is 2.39. The minimum Gasteiger partial charge on any atom is -0.323 e. The molecule has 0 heterocycles. The first-order valence-corrected chi connectivity index (χ1v) is 3.87. The lowest BCUT2D eigenvalue weighted by molar-refractivity contribution is -0.137. The molecule has 1 rings (SSSR count). The summed E-state index contributed by atoms with van der Waals surface area (Å²) in [4.78, 5) is 0. The number of hydrazone groups is 1. The Hall–Kier alpha value is -1.52. The van der Waals surface area contributed by atoms with Gasteiger partial charge >= 0.3 is 6.18 Å². The Balaban J connectivity index is 3.01. The maximum absolute atomic E-state index is 12.1. The third-order valence-electron chi connectivity index (χ3n) is 1.82. The number of alkyl halides is 3. The number of rotatable bonds is 1. The summed E-state index contributed by atoms with van der Waals surface area (Å²) in [6, 6.07) is 4.69. The maximum Gasteiger partial charge on any atom is 0.416 e. The van der Waals surface area contributed by atoms with Gasteiger partial charge in [0.1, 0.15) is 0 Å². The first kappa shape index (κ1) is 10.6. The fourth-order valence-electron chi connectivity index (χ4n) is 0.975. The molecule has 76 valence electrons. The van der Waals surface area contributed by atoms with Crippen LogP contribution in [0.1, 0.15) is 18.1 Å². The van der Waals surface area contributed by atoms with Crippen molar-refractivity contribution in [1.82, 2.24) is 0 Å². The van der Waals surface area contributed by atoms with Crippen molar-refractivity contribution in [2.75, 3.05) is 0 Å². The average Bonchev–Trinajstić information content (AvgIpc) is 2.15. The van der Waals surface area contributed by atoms with Crippen LogP contribution < -0.4 is 5.84 Å². The van der Waals surface area contributed by atoms with Crippen molar-refractivity contribution in [3.63, 3.8) is 0 Å². The molecule has 2 nitrogen and oxygen atoms in total. The van der Waals surface area contributed by atoms with E-state index in [4.69, 9.17) is 5.84 Å². The van der Waals surface area contributed by atoms with Crippen LogP contribution in [0.15, 0.2) is 29.4 Å². The highest BCUT2D eigenvalue weighted by Crippen LogP contribution is 2.29. The van der Waals surface area contributed by atoms with Crippen LogP contribution >= 0.6 is 0 Å². The van der Waals surface area contributed by atoms with E-state index < -0.39 is 11.7 Å². The number of nitrogens with zero attached hydrogens (tertiary/aromatic N) is 1. The molecule has 0 saturated carbocycles. The number of halogens is 3. The van der Waals surface area contributed by atoms with E-state index in [0.717, 1.165) is 12.1 Å². The fraction of sp³-hybridized carbons (Fsp3) is 0.222. The predicted molar refractivity (Wildman–Crippen MR) is 47.8 cm³/mol. The van der Waals surface area contributed by atoms with Crippen molar-refractivity contribution >= 4 is 5.71 Å². The van der Waals surface area contributed by atoms with Crippen LogP contribution in [-0.2, 0) is 6.18 Å². The Morgan fingerprint density at radius 3 is 2.07 bits per heavy atom. The topological polar surface area (TPSA) is 38.4 Å². The molecule has 0 atom stereocenters. The standard InChI is InChI=1S/C9H9F3N2/c1-6(14-13)7-2-4-8(5-3-7)9(10,11)12/h2-5H,13H2,1H3/b14-6+. The van der Waals surface area contributed by atoms with Gasteiger partial charge in [0.25, 0.3) is 0 Å². The van der Waals surface area contributed by atoms with Crippen LogP contribution in [0, 0.1) is 0 Å². The molecule has 0 saturated heterocycles. The molecule has 2 N–H and O–H groups in total. The van der Waals surface area contributed by atoms with Gasteiger partial charge in [0.2, 0.25) is 0 Å². The van der Waals surface area contributed by atoms with Crippen molar-refractivity contribution in [2.24, 2.45) is 10.9 Å². The Kier molecular flexibility index (Phi) is 2.78. The highest BCUT2D eigenvalue weighted by Gasteiger charge is 2.29. The van der Waals surface area contributed by atoms with E-state index in [1.165, 1.54) is 12.1 Å². The first-order chi connectivity index (χ1) is 6.45. The highest BCUT2D eigenvalue weighted by atomic mass is 19.4. The lowest BCUT2D eigenvalue weighted by Crippen LogP contribution is -2.05. The van der Waals surface area contributed by atoms with Gasteiger partial charge in [-0.1, -0.05) is 12.1 Å². The normalized spacial score (nSPS) is 13.0. The van der Waals surface area contributed by atoms with Crippen LogP contribution in [0.2, 0.25) is 0 Å². The summed E-state index contributed by atoms with van der Waals surface area (Å²) in [7, 11) is 0. The summed E-state index contributed by atoms with van der Waals surface area (Å²) < 4.78 is 36.4. The minimum atomic E-state index is -4.30. The molecule has 0 radical (unpaired) electrons. The number of benzene rings is 1. The molecule has 0 unspecified atom stereocenters. The van der Waals surface area contributed by atoms with E-state index in [2.05, 4.69) is 5.10 Å². The van der Waals surface area contributed by atoms with Gasteiger partial charge in [-0.25, -0.2) is 0 Å². The van der Waals surface area contributed by atoms with Gasteiger partial charge < -0.3 is 5.84 Å². The van der Waals surface area contributed by atoms with E-state index >= 15 is 0 Å². The Morgan fingerprint density at radius 1 is 1.21 bits per heavy atom. The second-order valence-corrected chi connectivity index (χ2v) is 2.79. The molecule has 1 aromatic rings. The Morgan fingerprint density at radius 2 is 1.71 bits per heavy atom. The molecule has 1 aromatic carbocycles. The van der Waals surface area contributed by atoms with E-state index in [-0.39, 0.29) is 0 Å². The van der Waals surface area contributed by atoms with E-state index in [9.17, 15) is 13.2 Å². The van der Waals surface area contributed by atoms with Crippen LogP contribution in [0.25, 0.3) is 0 Å². The summed E-state index contributed by atoms with van der Waals surface area (Å²) in [6.45, 7) is 1.63. The van der Waals surface area contributed by atoms with Crippen LogP contribution in [0.4, 0.5) is 13.2 Å². The van der Waals surface area contributed by atoms with Gasteiger partial charge in [-0.15, -0.1) is 0 Å². The molecule has 0 fully saturated rings. The van der Waals surface area contributed by atoms with Crippen LogP contribution in [0.3, 0.4) is 0 Å². The zero-order chi connectivity index (χ0) is 10.8. The van der Waals surface area contributed by atoms with Crippen molar-refractivity contribution in [3.8, 4) is 0 Å². The van der Waals surface area contributed by atoms with Crippen molar-refractivity contribution < 1.29 is 13.2 Å². The lowest BCUT2D eigenvalue weighted by Gasteiger charge is -2.06.